The standard InChI is InChI=1S/C28H33ClFN5O4S/c1-16(2)15-39-20-12-18(11-19(30)13-20)25-22(29)14-21(26(33-25)35-10-9-17(3)28(35,4)5)27(36)34-40(37,38)24-8-6-7-23(31)32-24/h6-8,11-14,16-17H,9-10,15H2,1-5H3,(H2,31,32)(H,34,36). The van der Waals surface area contributed by atoms with Crippen molar-refractivity contribution in [1.29, 1.82) is 0 Å². The molecule has 1 atom stereocenters. The molecule has 3 N–H and O–H groups in total. The first-order valence-electron chi connectivity index (χ1n) is 12.9. The van der Waals surface area contributed by atoms with Crippen LogP contribution in [-0.4, -0.2) is 43.0 Å². The maximum absolute atomic E-state index is 14.6. The van der Waals surface area contributed by atoms with Gasteiger partial charge in [-0.3, -0.25) is 4.79 Å². The predicted molar refractivity (Wildman–Crippen MR) is 153 cm³/mol. The number of ether oxygens (including phenoxy) is 1. The van der Waals surface area contributed by atoms with E-state index in [1.54, 1.807) is 6.07 Å². The molecule has 40 heavy (non-hydrogen) atoms. The van der Waals surface area contributed by atoms with Crippen molar-refractivity contribution in [3.63, 3.8) is 0 Å². The summed E-state index contributed by atoms with van der Waals surface area (Å²) in [5, 5.41) is -0.360. The summed E-state index contributed by atoms with van der Waals surface area (Å²) in [4.78, 5) is 24.0. The van der Waals surface area contributed by atoms with Crippen LogP contribution in [0.4, 0.5) is 16.0 Å². The van der Waals surface area contributed by atoms with E-state index < -0.39 is 32.3 Å². The van der Waals surface area contributed by atoms with Crippen molar-refractivity contribution in [3.8, 4) is 17.0 Å². The molecule has 12 heteroatoms. The average molecular weight is 590 g/mol. The van der Waals surface area contributed by atoms with Gasteiger partial charge in [-0.15, -0.1) is 0 Å². The van der Waals surface area contributed by atoms with Crippen molar-refractivity contribution in [3.05, 3.63) is 58.9 Å². The van der Waals surface area contributed by atoms with E-state index in [1.165, 1.54) is 36.4 Å². The van der Waals surface area contributed by atoms with Crippen LogP contribution in [0.2, 0.25) is 5.02 Å². The summed E-state index contributed by atoms with van der Waals surface area (Å²) in [5.41, 5.74) is 5.76. The van der Waals surface area contributed by atoms with Crippen molar-refractivity contribution in [2.45, 2.75) is 51.6 Å². The number of nitrogens with one attached hydrogen (secondary N) is 1. The number of aromatic nitrogens is 2. The van der Waals surface area contributed by atoms with Crippen LogP contribution in [0.15, 0.2) is 47.5 Å². The van der Waals surface area contributed by atoms with Gasteiger partial charge in [-0.2, -0.15) is 8.42 Å². The molecule has 0 bridgehead atoms. The van der Waals surface area contributed by atoms with Gasteiger partial charge in [0.25, 0.3) is 15.9 Å². The summed E-state index contributed by atoms with van der Waals surface area (Å²) in [6.07, 6.45) is 0.826. The molecule has 1 aliphatic heterocycles. The second-order valence-corrected chi connectivity index (χ2v) is 12.9. The van der Waals surface area contributed by atoms with Gasteiger partial charge >= 0.3 is 0 Å². The second kappa shape index (κ2) is 11.2. The molecule has 0 radical (unpaired) electrons. The Kier molecular flexibility index (Phi) is 8.28. The minimum absolute atomic E-state index is 0.00952. The minimum atomic E-state index is -4.36. The van der Waals surface area contributed by atoms with E-state index >= 15 is 0 Å². The highest BCUT2D eigenvalue weighted by molar-refractivity contribution is 7.90. The van der Waals surface area contributed by atoms with Gasteiger partial charge in [0.1, 0.15) is 23.2 Å². The molecule has 1 saturated heterocycles. The first-order chi connectivity index (χ1) is 18.7. The molecule has 3 heterocycles. The Bertz CT molecular complexity index is 1550. The normalized spacial score (nSPS) is 16.8. The maximum Gasteiger partial charge on any atom is 0.281 e. The van der Waals surface area contributed by atoms with Crippen molar-refractivity contribution >= 4 is 39.2 Å². The van der Waals surface area contributed by atoms with E-state index in [2.05, 4.69) is 16.6 Å². The Balaban J connectivity index is 1.82. The second-order valence-electron chi connectivity index (χ2n) is 10.9. The van der Waals surface area contributed by atoms with Crippen LogP contribution in [0.1, 0.15) is 51.4 Å². The van der Waals surface area contributed by atoms with Gasteiger partial charge in [0.05, 0.1) is 22.9 Å². The minimum Gasteiger partial charge on any atom is -0.493 e. The first kappa shape index (κ1) is 29.5. The highest BCUT2D eigenvalue weighted by Gasteiger charge is 2.41. The number of nitrogen functional groups attached to an aromatic ring is 1. The topological polar surface area (TPSA) is 128 Å². The zero-order valence-electron chi connectivity index (χ0n) is 23.0. The van der Waals surface area contributed by atoms with Crippen LogP contribution in [0.5, 0.6) is 5.75 Å². The molecule has 9 nitrogen and oxygen atoms in total. The van der Waals surface area contributed by atoms with E-state index in [9.17, 15) is 17.6 Å². The number of benzene rings is 1. The number of halogens is 2. The van der Waals surface area contributed by atoms with Gasteiger partial charge in [0.2, 0.25) is 0 Å². The van der Waals surface area contributed by atoms with Gasteiger partial charge in [-0.1, -0.05) is 38.4 Å². The summed E-state index contributed by atoms with van der Waals surface area (Å²) in [6, 6.07) is 9.65. The molecule has 1 aliphatic rings. The highest BCUT2D eigenvalue weighted by atomic mass is 35.5. The smallest absolute Gasteiger partial charge is 0.281 e. The number of nitrogens with zero attached hydrogens (tertiary/aromatic N) is 3. The lowest BCUT2D eigenvalue weighted by molar-refractivity contribution is 0.0981. The highest BCUT2D eigenvalue weighted by Crippen LogP contribution is 2.41. The van der Waals surface area contributed by atoms with Gasteiger partial charge in [-0.25, -0.2) is 19.1 Å². The van der Waals surface area contributed by atoms with Gasteiger partial charge in [-0.05, 0) is 62.4 Å². The number of amides is 1. The number of rotatable bonds is 8. The Morgan fingerprint density at radius 2 is 1.98 bits per heavy atom. The molecule has 2 aromatic heterocycles. The van der Waals surface area contributed by atoms with Crippen LogP contribution >= 0.6 is 11.6 Å². The van der Waals surface area contributed by atoms with Crippen molar-refractivity contribution in [2.24, 2.45) is 11.8 Å². The third-order valence-electron chi connectivity index (χ3n) is 7.12. The lowest BCUT2D eigenvalue weighted by atomic mass is 9.90. The van der Waals surface area contributed by atoms with Crippen molar-refractivity contribution in [1.82, 2.24) is 14.7 Å². The molecular formula is C28H33ClFN5O4S. The fourth-order valence-corrected chi connectivity index (χ4v) is 5.72. The van der Waals surface area contributed by atoms with Crippen LogP contribution in [-0.2, 0) is 10.0 Å². The lowest BCUT2D eigenvalue weighted by Crippen LogP contribution is -2.43. The van der Waals surface area contributed by atoms with Crippen LogP contribution in [0.25, 0.3) is 11.3 Å². The Morgan fingerprint density at radius 1 is 1.25 bits per heavy atom. The molecule has 1 aromatic carbocycles. The van der Waals surface area contributed by atoms with E-state index in [-0.39, 0.29) is 39.8 Å². The largest absolute Gasteiger partial charge is 0.493 e. The number of hydrogen-bond acceptors (Lipinski definition) is 8. The maximum atomic E-state index is 14.6. The molecule has 0 aliphatic carbocycles. The van der Waals surface area contributed by atoms with Crippen LogP contribution < -0.4 is 20.1 Å². The van der Waals surface area contributed by atoms with Crippen LogP contribution in [0.3, 0.4) is 0 Å². The number of hydrogen-bond donors (Lipinski definition) is 2. The molecule has 1 unspecified atom stereocenters. The number of nitrogens with two attached hydrogens (primary N) is 1. The van der Waals surface area contributed by atoms with Crippen molar-refractivity contribution < 1.29 is 22.3 Å². The summed E-state index contributed by atoms with van der Waals surface area (Å²) >= 11 is 6.63. The molecular weight excluding hydrogens is 557 g/mol. The molecule has 0 spiro atoms. The van der Waals surface area contributed by atoms with E-state index in [4.69, 9.17) is 27.1 Å². The van der Waals surface area contributed by atoms with Gasteiger partial charge < -0.3 is 15.4 Å². The molecule has 4 rings (SSSR count). The predicted octanol–water partition coefficient (Wildman–Crippen LogP) is 5.30. The average Bonchev–Trinajstić information content (AvgIpc) is 3.13. The SMILES string of the molecule is CC(C)COc1cc(F)cc(-c2nc(N3CCC(C)C3(C)C)c(C(=O)NS(=O)(=O)c3cccc(N)n3)cc2Cl)c1. The molecule has 3 aromatic rings. The number of anilines is 2. The zero-order chi connectivity index (χ0) is 29.4. The quantitative estimate of drug-likeness (QED) is 0.362. The van der Waals surface area contributed by atoms with E-state index in [0.717, 1.165) is 6.42 Å². The van der Waals surface area contributed by atoms with E-state index in [0.29, 0.717) is 24.5 Å². The Hall–Kier alpha value is -3.44. The monoisotopic (exact) mass is 589 g/mol. The third-order valence-corrected chi connectivity index (χ3v) is 8.64. The zero-order valence-corrected chi connectivity index (χ0v) is 24.6. The van der Waals surface area contributed by atoms with E-state index in [1.807, 2.05) is 32.6 Å². The van der Waals surface area contributed by atoms with Gasteiger partial charge in [0, 0.05) is 23.7 Å². The molecule has 1 amide bonds. The summed E-state index contributed by atoms with van der Waals surface area (Å²) in [6.45, 7) is 11.1. The molecule has 1 fully saturated rings. The fourth-order valence-electron chi connectivity index (χ4n) is 4.52. The number of pyridine rings is 2. The molecule has 214 valence electrons. The van der Waals surface area contributed by atoms with Crippen molar-refractivity contribution in [2.75, 3.05) is 23.8 Å². The number of carbonyl (C=O) groups excluding carboxylic acids is 1. The summed E-state index contributed by atoms with van der Waals surface area (Å²) in [7, 11) is -4.36. The Labute approximate surface area is 239 Å². The Morgan fingerprint density at radius 3 is 2.60 bits per heavy atom. The third kappa shape index (κ3) is 6.15. The first-order valence-corrected chi connectivity index (χ1v) is 14.8. The number of carbonyl (C=O) groups is 1. The number of sulfonamides is 1. The fraction of sp³-hybridized carbons (Fsp3) is 0.393. The summed E-state index contributed by atoms with van der Waals surface area (Å²) in [5.74, 6) is -0.448. The van der Waals surface area contributed by atoms with Crippen LogP contribution in [0, 0.1) is 17.7 Å². The van der Waals surface area contributed by atoms with Gasteiger partial charge in [0.15, 0.2) is 5.03 Å². The molecule has 0 saturated carbocycles. The summed E-state index contributed by atoms with van der Waals surface area (Å²) < 4.78 is 48.3. The lowest BCUT2D eigenvalue weighted by Gasteiger charge is -2.37.